The third-order valence-electron chi connectivity index (χ3n) is 4.27. The topological polar surface area (TPSA) is 65.3 Å². The van der Waals surface area contributed by atoms with E-state index in [4.69, 9.17) is 16.3 Å². The summed E-state index contributed by atoms with van der Waals surface area (Å²) < 4.78 is 21.9. The predicted molar refractivity (Wildman–Crippen MR) is 108 cm³/mol. The van der Waals surface area contributed by atoms with Crippen LogP contribution in [-0.2, 0) is 16.9 Å². The molecule has 28 heavy (non-hydrogen) atoms. The number of halogens is 2. The predicted octanol–water partition coefficient (Wildman–Crippen LogP) is 4.00. The number of amides is 1. The lowest BCUT2D eigenvalue weighted by Crippen LogP contribution is -2.38. The Morgan fingerprint density at radius 1 is 1.21 bits per heavy atom. The van der Waals surface area contributed by atoms with E-state index in [1.165, 1.54) is 34.7 Å². The molecule has 1 heterocycles. The van der Waals surface area contributed by atoms with E-state index in [1.54, 1.807) is 18.2 Å². The maximum Gasteiger partial charge on any atom is 0.275 e. The first kappa shape index (κ1) is 19.9. The quantitative estimate of drug-likeness (QED) is 0.713. The van der Waals surface area contributed by atoms with Gasteiger partial charge in [0.25, 0.3) is 5.56 Å². The van der Waals surface area contributed by atoms with Gasteiger partial charge in [0.2, 0.25) is 5.91 Å². The minimum atomic E-state index is -0.601. The first-order valence-corrected chi connectivity index (χ1v) is 9.04. The second kappa shape index (κ2) is 7.31. The number of anilines is 1. The van der Waals surface area contributed by atoms with E-state index in [0.717, 1.165) is 0 Å². The van der Waals surface area contributed by atoms with E-state index in [-0.39, 0.29) is 18.0 Å². The lowest BCUT2D eigenvalue weighted by Gasteiger charge is -2.24. The van der Waals surface area contributed by atoms with Crippen molar-refractivity contribution in [2.75, 3.05) is 12.4 Å². The number of benzene rings is 2. The molecule has 0 spiro atoms. The van der Waals surface area contributed by atoms with Crippen molar-refractivity contribution in [3.63, 3.8) is 0 Å². The molecule has 0 bridgehead atoms. The highest BCUT2D eigenvalue weighted by Gasteiger charge is 2.24. The van der Waals surface area contributed by atoms with Crippen molar-refractivity contribution in [3.8, 4) is 5.75 Å². The van der Waals surface area contributed by atoms with Gasteiger partial charge in [-0.2, -0.15) is 0 Å². The standard InChI is InChI=1S/C20H21ClFN3O3/c1-20(2,3)25-19(27)14-7-5-12(22)9-16(14)24(25)11-18(26)23-13-6-8-17(28-4)15(21)10-13/h5-10H,11H2,1-4H3,(H,23,26). The lowest BCUT2D eigenvalue weighted by molar-refractivity contribution is -0.117. The summed E-state index contributed by atoms with van der Waals surface area (Å²) in [6.45, 7) is 5.38. The van der Waals surface area contributed by atoms with Crippen molar-refractivity contribution in [1.82, 2.24) is 9.36 Å². The molecule has 0 aliphatic carbocycles. The van der Waals surface area contributed by atoms with E-state index in [9.17, 15) is 14.0 Å². The first-order chi connectivity index (χ1) is 13.1. The van der Waals surface area contributed by atoms with Crippen LogP contribution in [0.15, 0.2) is 41.2 Å². The number of aromatic nitrogens is 2. The van der Waals surface area contributed by atoms with Crippen LogP contribution in [0.5, 0.6) is 5.75 Å². The molecule has 0 saturated carbocycles. The molecule has 1 N–H and O–H groups in total. The smallest absolute Gasteiger partial charge is 0.275 e. The number of nitrogens with one attached hydrogen (secondary N) is 1. The number of nitrogens with zero attached hydrogens (tertiary/aromatic N) is 2. The molecular weight excluding hydrogens is 385 g/mol. The summed E-state index contributed by atoms with van der Waals surface area (Å²) in [6, 6.07) is 8.81. The Balaban J connectivity index is 1.99. The van der Waals surface area contributed by atoms with Crippen LogP contribution in [0.1, 0.15) is 20.8 Å². The van der Waals surface area contributed by atoms with Gasteiger partial charge >= 0.3 is 0 Å². The van der Waals surface area contributed by atoms with Gasteiger partial charge in [0, 0.05) is 5.69 Å². The van der Waals surface area contributed by atoms with Gasteiger partial charge in [0.1, 0.15) is 18.1 Å². The summed E-state index contributed by atoms with van der Waals surface area (Å²) in [5.74, 6) is -0.358. The zero-order valence-corrected chi connectivity index (χ0v) is 16.8. The van der Waals surface area contributed by atoms with Crippen LogP contribution < -0.4 is 15.6 Å². The lowest BCUT2D eigenvalue weighted by atomic mass is 10.1. The van der Waals surface area contributed by atoms with Crippen LogP contribution in [0.4, 0.5) is 10.1 Å². The molecule has 0 fully saturated rings. The summed E-state index contributed by atoms with van der Waals surface area (Å²) >= 11 is 6.09. The van der Waals surface area contributed by atoms with E-state index in [1.807, 2.05) is 20.8 Å². The number of hydrogen-bond donors (Lipinski definition) is 1. The number of rotatable bonds is 4. The van der Waals surface area contributed by atoms with E-state index >= 15 is 0 Å². The highest BCUT2D eigenvalue weighted by molar-refractivity contribution is 6.32. The van der Waals surface area contributed by atoms with Gasteiger partial charge in [-0.05, 0) is 57.2 Å². The number of ether oxygens (including phenoxy) is 1. The normalized spacial score (nSPS) is 11.6. The molecule has 8 heteroatoms. The maximum absolute atomic E-state index is 13.8. The zero-order chi connectivity index (χ0) is 20.6. The van der Waals surface area contributed by atoms with Gasteiger partial charge in [0.15, 0.2) is 0 Å². The number of carbonyl (C=O) groups is 1. The monoisotopic (exact) mass is 405 g/mol. The molecule has 3 rings (SSSR count). The van der Waals surface area contributed by atoms with Crippen LogP contribution in [-0.4, -0.2) is 22.4 Å². The fraction of sp³-hybridized carbons (Fsp3) is 0.300. The Bertz CT molecular complexity index is 1110. The Hall–Kier alpha value is -2.80. The molecular formula is C20H21ClFN3O3. The number of fused-ring (bicyclic) bond motifs is 1. The first-order valence-electron chi connectivity index (χ1n) is 8.67. The van der Waals surface area contributed by atoms with Crippen molar-refractivity contribution in [3.05, 3.63) is 57.6 Å². The van der Waals surface area contributed by atoms with Gasteiger partial charge in [-0.3, -0.25) is 14.3 Å². The molecule has 1 amide bonds. The SMILES string of the molecule is COc1ccc(NC(=O)Cn2c3cc(F)ccc3c(=O)n2C(C)(C)C)cc1Cl. The van der Waals surface area contributed by atoms with Crippen molar-refractivity contribution in [2.24, 2.45) is 0 Å². The number of methoxy groups -OCH3 is 1. The molecule has 0 atom stereocenters. The summed E-state index contributed by atoms with van der Waals surface area (Å²) in [4.78, 5) is 25.5. The Morgan fingerprint density at radius 2 is 1.93 bits per heavy atom. The molecule has 0 saturated heterocycles. The highest BCUT2D eigenvalue weighted by atomic mass is 35.5. The third-order valence-corrected chi connectivity index (χ3v) is 4.56. The van der Waals surface area contributed by atoms with E-state index in [2.05, 4.69) is 5.32 Å². The van der Waals surface area contributed by atoms with Gasteiger partial charge in [-0.1, -0.05) is 11.6 Å². The average Bonchev–Trinajstić information content (AvgIpc) is 2.86. The molecule has 148 valence electrons. The van der Waals surface area contributed by atoms with Gasteiger partial charge < -0.3 is 10.1 Å². The van der Waals surface area contributed by atoms with Gasteiger partial charge in [-0.15, -0.1) is 0 Å². The van der Waals surface area contributed by atoms with Crippen LogP contribution in [0.3, 0.4) is 0 Å². The van der Waals surface area contributed by atoms with Gasteiger partial charge in [0.05, 0.1) is 28.6 Å². The third kappa shape index (κ3) is 3.75. The molecule has 0 unspecified atom stereocenters. The summed E-state index contributed by atoms with van der Waals surface area (Å²) in [5, 5.41) is 3.46. The molecule has 6 nitrogen and oxygen atoms in total. The van der Waals surface area contributed by atoms with Crippen LogP contribution in [0.2, 0.25) is 5.02 Å². The zero-order valence-electron chi connectivity index (χ0n) is 16.0. The maximum atomic E-state index is 13.8. The van der Waals surface area contributed by atoms with Crippen molar-refractivity contribution in [2.45, 2.75) is 32.9 Å². The van der Waals surface area contributed by atoms with Crippen molar-refractivity contribution < 1.29 is 13.9 Å². The second-order valence-corrected chi connectivity index (χ2v) is 7.81. The molecule has 3 aromatic rings. The molecule has 2 aromatic carbocycles. The van der Waals surface area contributed by atoms with E-state index < -0.39 is 11.4 Å². The fourth-order valence-corrected chi connectivity index (χ4v) is 3.39. The molecule has 0 aliphatic rings. The molecule has 0 aliphatic heterocycles. The number of carbonyl (C=O) groups excluding carboxylic acids is 1. The fourth-order valence-electron chi connectivity index (χ4n) is 3.13. The Kier molecular flexibility index (Phi) is 5.21. The minimum absolute atomic E-state index is 0.164. The van der Waals surface area contributed by atoms with Crippen LogP contribution in [0, 0.1) is 5.82 Å². The molecule has 1 aromatic heterocycles. The molecule has 0 radical (unpaired) electrons. The summed E-state index contributed by atoms with van der Waals surface area (Å²) in [7, 11) is 1.50. The van der Waals surface area contributed by atoms with Crippen molar-refractivity contribution in [1.29, 1.82) is 0 Å². The minimum Gasteiger partial charge on any atom is -0.495 e. The van der Waals surface area contributed by atoms with Crippen LogP contribution >= 0.6 is 11.6 Å². The largest absolute Gasteiger partial charge is 0.495 e. The highest BCUT2D eigenvalue weighted by Crippen LogP contribution is 2.27. The number of hydrogen-bond acceptors (Lipinski definition) is 3. The second-order valence-electron chi connectivity index (χ2n) is 7.40. The van der Waals surface area contributed by atoms with Crippen LogP contribution in [0.25, 0.3) is 10.9 Å². The van der Waals surface area contributed by atoms with E-state index in [0.29, 0.717) is 27.4 Å². The van der Waals surface area contributed by atoms with Gasteiger partial charge in [-0.25, -0.2) is 9.07 Å². The Labute approximate surface area is 166 Å². The van der Waals surface area contributed by atoms with Crippen molar-refractivity contribution >= 4 is 34.1 Å². The summed E-state index contributed by atoms with van der Waals surface area (Å²) in [5.41, 5.74) is -0.0234. The summed E-state index contributed by atoms with van der Waals surface area (Å²) in [6.07, 6.45) is 0. The Morgan fingerprint density at radius 3 is 2.54 bits per heavy atom. The average molecular weight is 406 g/mol.